The minimum Gasteiger partial charge on any atom is -0.393 e. The number of aliphatic hydroxyl groups excluding tert-OH is 1. The molecule has 0 saturated carbocycles. The second-order valence-electron chi connectivity index (χ2n) is 8.54. The molecule has 2 amide bonds. The molecule has 3 heterocycles. The first-order valence-corrected chi connectivity index (χ1v) is 12.0. The normalized spacial score (nSPS) is 20.2. The average Bonchev–Trinajstić information content (AvgIpc) is 3.47. The molecule has 4 rings (SSSR count). The molecule has 7 heteroatoms. The molecule has 0 aliphatic carbocycles. The zero-order chi connectivity index (χ0) is 21.6. The van der Waals surface area contributed by atoms with Crippen LogP contribution in [0.3, 0.4) is 0 Å². The lowest BCUT2D eigenvalue weighted by Crippen LogP contribution is -2.46. The maximum Gasteiger partial charge on any atom is 0.243 e. The summed E-state index contributed by atoms with van der Waals surface area (Å²) in [5.74, 6) is -0.0253. The molecule has 166 valence electrons. The Morgan fingerprint density at radius 3 is 2.48 bits per heavy atom. The molecule has 1 atom stereocenters. The van der Waals surface area contributed by atoms with Gasteiger partial charge in [-0.3, -0.25) is 14.5 Å². The third-order valence-electron chi connectivity index (χ3n) is 6.23. The molecule has 6 nitrogen and oxygen atoms in total. The Labute approximate surface area is 187 Å². The summed E-state index contributed by atoms with van der Waals surface area (Å²) in [6, 6.07) is 11.9. The predicted octanol–water partition coefficient (Wildman–Crippen LogP) is 2.55. The molecule has 0 bridgehead atoms. The van der Waals surface area contributed by atoms with E-state index >= 15 is 0 Å². The molecule has 31 heavy (non-hydrogen) atoms. The zero-order valence-corrected chi connectivity index (χ0v) is 18.7. The Balaban J connectivity index is 1.25. The van der Waals surface area contributed by atoms with E-state index < -0.39 is 0 Å². The molecular formula is C24H31N3O3S. The number of amides is 2. The molecule has 2 aromatic rings. The van der Waals surface area contributed by atoms with Gasteiger partial charge in [0.15, 0.2) is 0 Å². The van der Waals surface area contributed by atoms with Crippen LogP contribution in [0, 0.1) is 0 Å². The number of aliphatic hydroxyl groups is 1. The lowest BCUT2D eigenvalue weighted by Gasteiger charge is -2.29. The van der Waals surface area contributed by atoms with Crippen LogP contribution in [-0.2, 0) is 29.1 Å². The molecule has 2 saturated heterocycles. The number of likely N-dealkylation sites (tertiary alicyclic amines) is 2. The van der Waals surface area contributed by atoms with E-state index in [-0.39, 0.29) is 24.0 Å². The smallest absolute Gasteiger partial charge is 0.243 e. The highest BCUT2D eigenvalue weighted by atomic mass is 32.1. The largest absolute Gasteiger partial charge is 0.393 e. The lowest BCUT2D eigenvalue weighted by atomic mass is 10.1. The van der Waals surface area contributed by atoms with E-state index in [1.54, 1.807) is 16.2 Å². The highest BCUT2D eigenvalue weighted by Gasteiger charge is 2.33. The number of thiophene rings is 1. The lowest BCUT2D eigenvalue weighted by molar-refractivity contribution is -0.138. The van der Waals surface area contributed by atoms with E-state index in [0.29, 0.717) is 19.5 Å². The van der Waals surface area contributed by atoms with Gasteiger partial charge in [-0.1, -0.05) is 30.3 Å². The van der Waals surface area contributed by atoms with Crippen LogP contribution in [0.2, 0.25) is 0 Å². The predicted molar refractivity (Wildman–Crippen MR) is 122 cm³/mol. The van der Waals surface area contributed by atoms with Crippen LogP contribution in [0.1, 0.15) is 41.7 Å². The van der Waals surface area contributed by atoms with Gasteiger partial charge in [-0.15, -0.1) is 11.3 Å². The van der Waals surface area contributed by atoms with Crippen molar-refractivity contribution in [2.45, 2.75) is 57.3 Å². The Bertz CT molecular complexity index is 861. The van der Waals surface area contributed by atoms with Crippen molar-refractivity contribution in [3.63, 3.8) is 0 Å². The summed E-state index contributed by atoms with van der Waals surface area (Å²) in [6.07, 6.45) is 3.51. The van der Waals surface area contributed by atoms with E-state index in [1.165, 1.54) is 5.56 Å². The Hall–Kier alpha value is -2.22. The van der Waals surface area contributed by atoms with Crippen LogP contribution in [0.5, 0.6) is 0 Å². The van der Waals surface area contributed by atoms with Crippen LogP contribution in [0.15, 0.2) is 41.8 Å². The number of benzene rings is 1. The monoisotopic (exact) mass is 441 g/mol. The summed E-state index contributed by atoms with van der Waals surface area (Å²) in [7, 11) is 0. The SMILES string of the molecule is O=C(NCc1ccc(CN2CCC(O)CC2)cc1)C1CCCN1C(=O)Cc1cccs1. The highest BCUT2D eigenvalue weighted by molar-refractivity contribution is 7.10. The summed E-state index contributed by atoms with van der Waals surface area (Å²) in [5, 5.41) is 14.6. The molecule has 2 N–H and O–H groups in total. The number of hydrogen-bond donors (Lipinski definition) is 2. The van der Waals surface area contributed by atoms with Gasteiger partial charge in [0, 0.05) is 37.6 Å². The van der Waals surface area contributed by atoms with Crippen molar-refractivity contribution >= 4 is 23.2 Å². The summed E-state index contributed by atoms with van der Waals surface area (Å²) in [5.41, 5.74) is 2.30. The van der Waals surface area contributed by atoms with Crippen LogP contribution < -0.4 is 5.32 Å². The van der Waals surface area contributed by atoms with Gasteiger partial charge in [0.25, 0.3) is 0 Å². The van der Waals surface area contributed by atoms with Crippen molar-refractivity contribution in [2.24, 2.45) is 0 Å². The fourth-order valence-corrected chi connectivity index (χ4v) is 5.10. The van der Waals surface area contributed by atoms with Gasteiger partial charge < -0.3 is 15.3 Å². The van der Waals surface area contributed by atoms with Gasteiger partial charge in [0.05, 0.1) is 12.5 Å². The van der Waals surface area contributed by atoms with E-state index in [9.17, 15) is 14.7 Å². The molecule has 0 spiro atoms. The minimum atomic E-state index is -0.360. The second-order valence-corrected chi connectivity index (χ2v) is 9.58. The number of rotatable bonds is 7. The summed E-state index contributed by atoms with van der Waals surface area (Å²) >= 11 is 1.58. The fraction of sp³-hybridized carbons (Fsp3) is 0.500. The Morgan fingerprint density at radius 1 is 1.03 bits per heavy atom. The van der Waals surface area contributed by atoms with Crippen molar-refractivity contribution < 1.29 is 14.7 Å². The summed E-state index contributed by atoms with van der Waals surface area (Å²) < 4.78 is 0. The van der Waals surface area contributed by atoms with Gasteiger partial charge in [-0.05, 0) is 48.3 Å². The standard InChI is InChI=1S/C24H31N3O3S/c28-20-9-12-26(13-10-20)17-19-7-5-18(6-8-19)16-25-24(30)22-4-1-11-27(22)23(29)15-21-3-2-14-31-21/h2-3,5-8,14,20,22,28H,1,4,9-13,15-17H2,(H,25,30). The first kappa shape index (κ1) is 22.0. The molecule has 0 radical (unpaired) electrons. The van der Waals surface area contributed by atoms with Gasteiger partial charge in [-0.2, -0.15) is 0 Å². The maximum absolute atomic E-state index is 12.8. The molecule has 2 fully saturated rings. The zero-order valence-electron chi connectivity index (χ0n) is 17.8. The topological polar surface area (TPSA) is 72.9 Å². The third kappa shape index (κ3) is 5.93. The van der Waals surface area contributed by atoms with Crippen molar-refractivity contribution in [3.05, 3.63) is 57.8 Å². The van der Waals surface area contributed by atoms with E-state index in [1.807, 2.05) is 17.5 Å². The molecule has 1 unspecified atom stereocenters. The number of carbonyl (C=O) groups is 2. The van der Waals surface area contributed by atoms with Crippen molar-refractivity contribution in [2.75, 3.05) is 19.6 Å². The number of piperidine rings is 1. The summed E-state index contributed by atoms with van der Waals surface area (Å²) in [4.78, 5) is 30.6. The van der Waals surface area contributed by atoms with Gasteiger partial charge >= 0.3 is 0 Å². The van der Waals surface area contributed by atoms with Crippen LogP contribution >= 0.6 is 11.3 Å². The van der Waals surface area contributed by atoms with Crippen LogP contribution in [0.25, 0.3) is 0 Å². The average molecular weight is 442 g/mol. The maximum atomic E-state index is 12.8. The quantitative estimate of drug-likeness (QED) is 0.693. The van der Waals surface area contributed by atoms with Gasteiger partial charge in [0.1, 0.15) is 6.04 Å². The fourth-order valence-electron chi connectivity index (χ4n) is 4.41. The highest BCUT2D eigenvalue weighted by Crippen LogP contribution is 2.20. The van der Waals surface area contributed by atoms with E-state index in [4.69, 9.17) is 0 Å². The van der Waals surface area contributed by atoms with Gasteiger partial charge in [0.2, 0.25) is 11.8 Å². The van der Waals surface area contributed by atoms with E-state index in [2.05, 4.69) is 34.5 Å². The Morgan fingerprint density at radius 2 is 1.77 bits per heavy atom. The first-order chi connectivity index (χ1) is 15.1. The number of carbonyl (C=O) groups excluding carboxylic acids is 2. The van der Waals surface area contributed by atoms with Crippen LogP contribution in [-0.4, -0.2) is 58.5 Å². The Kier molecular flexibility index (Phi) is 7.37. The molecule has 1 aromatic carbocycles. The first-order valence-electron chi connectivity index (χ1n) is 11.2. The number of nitrogens with one attached hydrogen (secondary N) is 1. The van der Waals surface area contributed by atoms with Crippen molar-refractivity contribution in [1.82, 2.24) is 15.1 Å². The van der Waals surface area contributed by atoms with Gasteiger partial charge in [-0.25, -0.2) is 0 Å². The third-order valence-corrected chi connectivity index (χ3v) is 7.11. The number of hydrogen-bond acceptors (Lipinski definition) is 5. The van der Waals surface area contributed by atoms with Crippen LogP contribution in [0.4, 0.5) is 0 Å². The van der Waals surface area contributed by atoms with E-state index in [0.717, 1.165) is 55.8 Å². The minimum absolute atomic E-state index is 0.0367. The second kappa shape index (κ2) is 10.4. The van der Waals surface area contributed by atoms with Crippen molar-refractivity contribution in [3.8, 4) is 0 Å². The number of nitrogens with zero attached hydrogens (tertiary/aromatic N) is 2. The molecular weight excluding hydrogens is 410 g/mol. The summed E-state index contributed by atoms with van der Waals surface area (Å²) in [6.45, 7) is 3.88. The molecule has 1 aromatic heterocycles. The molecule has 2 aliphatic rings. The molecule has 2 aliphatic heterocycles. The van der Waals surface area contributed by atoms with Crippen molar-refractivity contribution in [1.29, 1.82) is 0 Å².